The van der Waals surface area contributed by atoms with Gasteiger partial charge >= 0.3 is 0 Å². The normalized spacial score (nSPS) is 24.9. The molecule has 204 valence electrons. The van der Waals surface area contributed by atoms with Gasteiger partial charge < -0.3 is 39.7 Å². The van der Waals surface area contributed by atoms with E-state index in [1.165, 1.54) is 20.6 Å². The smallest absolute Gasteiger partial charge is 0.249 e. The Bertz CT molecular complexity index is 1010. The third kappa shape index (κ3) is 5.62. The van der Waals surface area contributed by atoms with E-state index in [0.717, 1.165) is 25.7 Å². The van der Waals surface area contributed by atoms with Gasteiger partial charge in [-0.3, -0.25) is 9.59 Å². The summed E-state index contributed by atoms with van der Waals surface area (Å²) in [6.45, 7) is -0.0899. The first kappa shape index (κ1) is 27.4. The molecule has 1 aromatic carbocycles. The van der Waals surface area contributed by atoms with Gasteiger partial charge in [0.25, 0.3) is 0 Å². The fourth-order valence-electron chi connectivity index (χ4n) is 5.86. The van der Waals surface area contributed by atoms with Crippen molar-refractivity contribution in [1.29, 1.82) is 0 Å². The zero-order chi connectivity index (χ0) is 26.5. The molecule has 0 spiro atoms. The minimum absolute atomic E-state index is 0.0584. The number of fused-ring (bicyclic) bond motifs is 3. The topological polar surface area (TPSA) is 138 Å². The SMILES string of the molecule is COCC(=O)N(CC1CCCCC1)[C@@H]1C=C(C(=O)NCCO)[C@@H]2c3cc(CO)cc(OC)c3O[C@@H]2[C@H]1O. The summed E-state index contributed by atoms with van der Waals surface area (Å²) >= 11 is 0. The summed E-state index contributed by atoms with van der Waals surface area (Å²) in [4.78, 5) is 28.2. The Hall–Kier alpha value is -2.66. The van der Waals surface area contributed by atoms with Crippen LogP contribution in [0.1, 0.15) is 49.1 Å². The number of hydrogen-bond acceptors (Lipinski definition) is 8. The zero-order valence-corrected chi connectivity index (χ0v) is 21.5. The van der Waals surface area contributed by atoms with E-state index in [1.807, 2.05) is 0 Å². The van der Waals surface area contributed by atoms with Crippen molar-refractivity contribution < 1.29 is 39.1 Å². The van der Waals surface area contributed by atoms with Crippen molar-refractivity contribution in [1.82, 2.24) is 10.2 Å². The number of aliphatic hydroxyl groups excluding tert-OH is 3. The lowest BCUT2D eigenvalue weighted by Gasteiger charge is -2.42. The largest absolute Gasteiger partial charge is 0.493 e. The Morgan fingerprint density at radius 1 is 1.16 bits per heavy atom. The summed E-state index contributed by atoms with van der Waals surface area (Å²) in [6.07, 6.45) is 5.06. The van der Waals surface area contributed by atoms with Crippen LogP contribution >= 0.6 is 0 Å². The second-order valence-corrected chi connectivity index (χ2v) is 10.0. The molecule has 4 rings (SSSR count). The van der Waals surface area contributed by atoms with Crippen LogP contribution in [-0.2, 0) is 20.9 Å². The number of rotatable bonds is 10. The molecule has 4 atom stereocenters. The first-order valence-corrected chi connectivity index (χ1v) is 13.0. The number of aliphatic hydroxyl groups is 3. The molecule has 1 aromatic rings. The third-order valence-electron chi connectivity index (χ3n) is 7.62. The van der Waals surface area contributed by atoms with Crippen LogP contribution in [0.3, 0.4) is 0 Å². The van der Waals surface area contributed by atoms with Crippen LogP contribution in [0.2, 0.25) is 0 Å². The summed E-state index contributed by atoms with van der Waals surface area (Å²) in [6, 6.07) is 2.60. The number of carbonyl (C=O) groups is 2. The van der Waals surface area contributed by atoms with E-state index in [2.05, 4.69) is 5.32 Å². The molecule has 37 heavy (non-hydrogen) atoms. The fourth-order valence-corrected chi connectivity index (χ4v) is 5.86. The average molecular weight is 519 g/mol. The minimum Gasteiger partial charge on any atom is -0.493 e. The van der Waals surface area contributed by atoms with Gasteiger partial charge in [-0.05, 0) is 42.5 Å². The summed E-state index contributed by atoms with van der Waals surface area (Å²) < 4.78 is 16.9. The summed E-state index contributed by atoms with van der Waals surface area (Å²) in [5.41, 5.74) is 1.54. The van der Waals surface area contributed by atoms with Crippen LogP contribution < -0.4 is 14.8 Å². The number of methoxy groups -OCH3 is 2. The molecule has 1 saturated carbocycles. The van der Waals surface area contributed by atoms with Gasteiger partial charge in [-0.2, -0.15) is 0 Å². The Kier molecular flexibility index (Phi) is 9.07. The highest BCUT2D eigenvalue weighted by Gasteiger charge is 2.51. The number of hydrogen-bond donors (Lipinski definition) is 4. The van der Waals surface area contributed by atoms with Crippen molar-refractivity contribution in [2.75, 3.05) is 40.5 Å². The van der Waals surface area contributed by atoms with Crippen LogP contribution in [0.15, 0.2) is 23.8 Å². The molecule has 3 aliphatic rings. The molecule has 0 saturated heterocycles. The van der Waals surface area contributed by atoms with Crippen LogP contribution in [0, 0.1) is 5.92 Å². The quantitative estimate of drug-likeness (QED) is 0.358. The molecule has 1 fully saturated rings. The third-order valence-corrected chi connectivity index (χ3v) is 7.62. The van der Waals surface area contributed by atoms with Gasteiger partial charge in [0, 0.05) is 31.3 Å². The predicted octanol–water partition coefficient (Wildman–Crippen LogP) is 0.865. The van der Waals surface area contributed by atoms with Crippen molar-refractivity contribution in [3.05, 3.63) is 34.9 Å². The second-order valence-electron chi connectivity index (χ2n) is 10.0. The van der Waals surface area contributed by atoms with Crippen molar-refractivity contribution in [2.24, 2.45) is 5.92 Å². The number of nitrogens with one attached hydrogen (secondary N) is 1. The number of carbonyl (C=O) groups excluding carboxylic acids is 2. The number of amides is 2. The second kappa shape index (κ2) is 12.3. The fraction of sp³-hybridized carbons (Fsp3) is 0.630. The lowest BCUT2D eigenvalue weighted by molar-refractivity contribution is -0.142. The van der Waals surface area contributed by atoms with Gasteiger partial charge in [0.15, 0.2) is 11.5 Å². The summed E-state index contributed by atoms with van der Waals surface area (Å²) in [5.74, 6) is -0.232. The Morgan fingerprint density at radius 3 is 2.57 bits per heavy atom. The molecule has 1 heterocycles. The van der Waals surface area contributed by atoms with E-state index < -0.39 is 30.1 Å². The van der Waals surface area contributed by atoms with Crippen LogP contribution in [0.4, 0.5) is 0 Å². The van der Waals surface area contributed by atoms with E-state index in [1.54, 1.807) is 23.1 Å². The summed E-state index contributed by atoms with van der Waals surface area (Å²) in [7, 11) is 2.94. The Balaban J connectivity index is 1.77. The van der Waals surface area contributed by atoms with Gasteiger partial charge in [-0.25, -0.2) is 0 Å². The minimum atomic E-state index is -1.13. The molecule has 2 aliphatic carbocycles. The maximum atomic E-state index is 13.3. The monoisotopic (exact) mass is 518 g/mol. The number of ether oxygens (including phenoxy) is 3. The molecule has 2 amide bonds. The van der Waals surface area contributed by atoms with Crippen molar-refractivity contribution in [2.45, 2.75) is 62.9 Å². The molecule has 0 bridgehead atoms. The average Bonchev–Trinajstić information content (AvgIpc) is 3.31. The van der Waals surface area contributed by atoms with Gasteiger partial charge in [0.05, 0.1) is 32.3 Å². The van der Waals surface area contributed by atoms with Crippen molar-refractivity contribution >= 4 is 11.8 Å². The zero-order valence-electron chi connectivity index (χ0n) is 21.5. The lowest BCUT2D eigenvalue weighted by Crippen LogP contribution is -2.57. The molecular weight excluding hydrogens is 480 g/mol. The van der Waals surface area contributed by atoms with Crippen molar-refractivity contribution in [3.8, 4) is 11.5 Å². The van der Waals surface area contributed by atoms with E-state index in [4.69, 9.17) is 14.2 Å². The van der Waals surface area contributed by atoms with Crippen molar-refractivity contribution in [3.63, 3.8) is 0 Å². The van der Waals surface area contributed by atoms with E-state index in [9.17, 15) is 24.9 Å². The van der Waals surface area contributed by atoms with Gasteiger partial charge in [0.1, 0.15) is 18.8 Å². The molecule has 1 aliphatic heterocycles. The maximum absolute atomic E-state index is 13.3. The summed E-state index contributed by atoms with van der Waals surface area (Å²) in [5, 5.41) is 33.4. The van der Waals surface area contributed by atoms with E-state index in [-0.39, 0.29) is 32.3 Å². The molecule has 10 heteroatoms. The molecule has 0 radical (unpaired) electrons. The Labute approximate surface area is 217 Å². The highest BCUT2D eigenvalue weighted by atomic mass is 16.5. The lowest BCUT2D eigenvalue weighted by atomic mass is 9.77. The number of nitrogens with zero attached hydrogens (tertiary/aromatic N) is 1. The van der Waals surface area contributed by atoms with Crippen LogP contribution in [-0.4, -0.2) is 90.8 Å². The van der Waals surface area contributed by atoms with Crippen LogP contribution in [0.5, 0.6) is 11.5 Å². The van der Waals surface area contributed by atoms with Crippen LogP contribution in [0.25, 0.3) is 0 Å². The molecule has 0 unspecified atom stereocenters. The van der Waals surface area contributed by atoms with Gasteiger partial charge in [-0.1, -0.05) is 19.3 Å². The standard InChI is InChI=1S/C27H38N2O8/c1-35-15-22(32)29(13-16-6-4-3-5-7-16)20-12-19(27(34)28-8-9-30)23-18-10-17(14-31)11-21(36-2)25(18)37-26(23)24(20)33/h10-12,16,20,23-24,26,30-31,33H,3-9,13-15H2,1-2H3,(H,28,34)/t20-,23+,24+,26+/m1/s1. The van der Waals surface area contributed by atoms with Gasteiger partial charge in [-0.15, -0.1) is 0 Å². The maximum Gasteiger partial charge on any atom is 0.249 e. The highest BCUT2D eigenvalue weighted by Crippen LogP contribution is 2.51. The first-order valence-electron chi connectivity index (χ1n) is 13.0. The predicted molar refractivity (Wildman–Crippen MR) is 134 cm³/mol. The van der Waals surface area contributed by atoms with Gasteiger partial charge in [0.2, 0.25) is 11.8 Å². The molecule has 4 N–H and O–H groups in total. The molecular formula is C27H38N2O8. The highest BCUT2D eigenvalue weighted by molar-refractivity contribution is 5.96. The first-order chi connectivity index (χ1) is 17.9. The van der Waals surface area contributed by atoms with E-state index in [0.29, 0.717) is 40.7 Å². The molecule has 0 aromatic heterocycles. The Morgan fingerprint density at radius 2 is 1.92 bits per heavy atom. The molecule has 10 nitrogen and oxygen atoms in total. The number of benzene rings is 1. The van der Waals surface area contributed by atoms with E-state index >= 15 is 0 Å².